The largest absolute Gasteiger partial charge is 0.493 e. The van der Waals surface area contributed by atoms with E-state index < -0.39 is 9.84 Å². The van der Waals surface area contributed by atoms with Crippen molar-refractivity contribution >= 4 is 15.5 Å². The average molecular weight is 291 g/mol. The van der Waals surface area contributed by atoms with Gasteiger partial charge in [-0.1, -0.05) is 12.1 Å². The molecule has 20 heavy (non-hydrogen) atoms. The van der Waals surface area contributed by atoms with Crippen molar-refractivity contribution in [1.82, 2.24) is 0 Å². The Hall–Kier alpha value is -2.01. The van der Waals surface area contributed by atoms with Gasteiger partial charge in [-0.05, 0) is 42.0 Å². The Labute approximate surface area is 119 Å². The Bertz CT molecular complexity index is 661. The minimum Gasteiger partial charge on any atom is -0.493 e. The molecule has 0 amide bonds. The highest BCUT2D eigenvalue weighted by molar-refractivity contribution is 7.90. The molecule has 0 saturated carbocycles. The smallest absolute Gasteiger partial charge is 0.175 e. The topological polar surface area (TPSA) is 69.4 Å². The van der Waals surface area contributed by atoms with Gasteiger partial charge in [0.1, 0.15) is 5.75 Å². The number of ether oxygens (including phenoxy) is 1. The van der Waals surface area contributed by atoms with Crippen LogP contribution in [-0.4, -0.2) is 21.3 Å². The van der Waals surface area contributed by atoms with E-state index in [2.05, 4.69) is 0 Å². The van der Waals surface area contributed by atoms with Gasteiger partial charge in [0.25, 0.3) is 0 Å². The van der Waals surface area contributed by atoms with Crippen LogP contribution in [0.1, 0.15) is 5.56 Å². The van der Waals surface area contributed by atoms with Gasteiger partial charge in [0.05, 0.1) is 11.5 Å². The molecule has 2 aromatic rings. The summed E-state index contributed by atoms with van der Waals surface area (Å²) in [6.07, 6.45) is 1.96. The Balaban J connectivity index is 1.90. The molecule has 0 unspecified atom stereocenters. The molecule has 0 aliphatic rings. The highest BCUT2D eigenvalue weighted by Crippen LogP contribution is 2.16. The third-order valence-corrected chi connectivity index (χ3v) is 4.02. The molecule has 0 spiro atoms. The summed E-state index contributed by atoms with van der Waals surface area (Å²) < 4.78 is 28.2. The van der Waals surface area contributed by atoms with E-state index in [0.29, 0.717) is 17.3 Å². The molecule has 0 saturated heterocycles. The Morgan fingerprint density at radius 2 is 1.60 bits per heavy atom. The van der Waals surface area contributed by atoms with Gasteiger partial charge in [-0.3, -0.25) is 0 Å². The first-order chi connectivity index (χ1) is 9.45. The van der Waals surface area contributed by atoms with Crippen LogP contribution in [0.25, 0.3) is 0 Å². The fourth-order valence-electron chi connectivity index (χ4n) is 1.75. The molecule has 106 valence electrons. The fourth-order valence-corrected chi connectivity index (χ4v) is 2.38. The van der Waals surface area contributed by atoms with Crippen LogP contribution in [0.2, 0.25) is 0 Å². The highest BCUT2D eigenvalue weighted by atomic mass is 32.2. The molecule has 0 radical (unpaired) electrons. The normalized spacial score (nSPS) is 11.2. The first-order valence-corrected chi connectivity index (χ1v) is 8.11. The van der Waals surface area contributed by atoms with Gasteiger partial charge >= 0.3 is 0 Å². The second-order valence-corrected chi connectivity index (χ2v) is 6.60. The quantitative estimate of drug-likeness (QED) is 0.858. The second kappa shape index (κ2) is 5.96. The number of anilines is 1. The van der Waals surface area contributed by atoms with E-state index in [1.165, 1.54) is 6.26 Å². The van der Waals surface area contributed by atoms with Crippen molar-refractivity contribution in [3.63, 3.8) is 0 Å². The van der Waals surface area contributed by atoms with Crippen molar-refractivity contribution in [2.45, 2.75) is 11.3 Å². The van der Waals surface area contributed by atoms with Crippen molar-refractivity contribution in [1.29, 1.82) is 0 Å². The van der Waals surface area contributed by atoms with Gasteiger partial charge in [-0.25, -0.2) is 8.42 Å². The number of sulfone groups is 1. The third-order valence-electron chi connectivity index (χ3n) is 2.89. The predicted octanol–water partition coefficient (Wildman–Crippen LogP) is 2.29. The summed E-state index contributed by atoms with van der Waals surface area (Å²) in [5.74, 6) is 0.660. The molecule has 5 heteroatoms. The Morgan fingerprint density at radius 1 is 1.00 bits per heavy atom. The molecule has 0 heterocycles. The summed E-state index contributed by atoms with van der Waals surface area (Å²) >= 11 is 0. The van der Waals surface area contributed by atoms with Gasteiger partial charge in [-0.2, -0.15) is 0 Å². The molecule has 0 aliphatic heterocycles. The first kappa shape index (κ1) is 14.4. The molecular weight excluding hydrogens is 274 g/mol. The molecular formula is C15H17NO3S. The molecule has 2 rings (SSSR count). The average Bonchev–Trinajstić information content (AvgIpc) is 2.41. The molecule has 0 atom stereocenters. The van der Waals surface area contributed by atoms with Gasteiger partial charge in [0, 0.05) is 18.4 Å². The SMILES string of the molecule is CS(=O)(=O)c1ccc(OCCc2ccc(N)cc2)cc1. The Morgan fingerprint density at radius 3 is 2.15 bits per heavy atom. The lowest BCUT2D eigenvalue weighted by Crippen LogP contribution is -2.02. The van der Waals surface area contributed by atoms with Crippen LogP contribution in [-0.2, 0) is 16.3 Å². The lowest BCUT2D eigenvalue weighted by molar-refractivity contribution is 0.322. The van der Waals surface area contributed by atoms with Crippen molar-refractivity contribution in [2.24, 2.45) is 0 Å². The zero-order chi connectivity index (χ0) is 14.6. The minimum absolute atomic E-state index is 0.295. The van der Waals surface area contributed by atoms with Crippen molar-refractivity contribution < 1.29 is 13.2 Å². The van der Waals surface area contributed by atoms with E-state index in [0.717, 1.165) is 17.7 Å². The Kier molecular flexibility index (Phi) is 4.29. The number of benzene rings is 2. The number of nitrogen functional groups attached to an aromatic ring is 1. The first-order valence-electron chi connectivity index (χ1n) is 6.22. The lowest BCUT2D eigenvalue weighted by Gasteiger charge is -2.07. The van der Waals surface area contributed by atoms with E-state index in [-0.39, 0.29) is 0 Å². The van der Waals surface area contributed by atoms with Crippen LogP contribution in [0.3, 0.4) is 0 Å². The standard InChI is InChI=1S/C15H17NO3S/c1-20(17,18)15-8-6-14(7-9-15)19-11-10-12-2-4-13(16)5-3-12/h2-9H,10-11,16H2,1H3. The van der Waals surface area contributed by atoms with Crippen molar-refractivity contribution in [3.05, 3.63) is 54.1 Å². The van der Waals surface area contributed by atoms with Crippen LogP contribution in [0.4, 0.5) is 5.69 Å². The van der Waals surface area contributed by atoms with Crippen molar-refractivity contribution in [3.8, 4) is 5.75 Å². The summed E-state index contributed by atoms with van der Waals surface area (Å²) in [5, 5.41) is 0. The third kappa shape index (κ3) is 3.99. The number of hydrogen-bond donors (Lipinski definition) is 1. The molecule has 4 nitrogen and oxygen atoms in total. The van der Waals surface area contributed by atoms with E-state index in [1.54, 1.807) is 24.3 Å². The zero-order valence-electron chi connectivity index (χ0n) is 11.2. The summed E-state index contributed by atoms with van der Waals surface area (Å²) in [6, 6.07) is 14.1. The van der Waals surface area contributed by atoms with Gasteiger partial charge in [0.15, 0.2) is 9.84 Å². The van der Waals surface area contributed by atoms with Crippen molar-refractivity contribution in [2.75, 3.05) is 18.6 Å². The minimum atomic E-state index is -3.15. The summed E-state index contributed by atoms with van der Waals surface area (Å²) in [4.78, 5) is 0.295. The van der Waals surface area contributed by atoms with Gasteiger partial charge < -0.3 is 10.5 Å². The number of rotatable bonds is 5. The predicted molar refractivity (Wildman–Crippen MR) is 79.6 cm³/mol. The molecule has 2 N–H and O–H groups in total. The highest BCUT2D eigenvalue weighted by Gasteiger charge is 2.06. The zero-order valence-corrected chi connectivity index (χ0v) is 12.1. The van der Waals surface area contributed by atoms with Crippen LogP contribution < -0.4 is 10.5 Å². The maximum absolute atomic E-state index is 11.3. The van der Waals surface area contributed by atoms with Crippen LogP contribution >= 0.6 is 0 Å². The molecule has 0 bridgehead atoms. The van der Waals surface area contributed by atoms with Gasteiger partial charge in [0.2, 0.25) is 0 Å². The number of hydrogen-bond acceptors (Lipinski definition) is 4. The summed E-state index contributed by atoms with van der Waals surface area (Å²) in [5.41, 5.74) is 7.50. The van der Waals surface area contributed by atoms with E-state index in [9.17, 15) is 8.42 Å². The maximum atomic E-state index is 11.3. The summed E-state index contributed by atoms with van der Waals surface area (Å²) in [7, 11) is -3.15. The van der Waals surface area contributed by atoms with E-state index in [4.69, 9.17) is 10.5 Å². The second-order valence-electron chi connectivity index (χ2n) is 4.58. The van der Waals surface area contributed by atoms with Crippen LogP contribution in [0, 0.1) is 0 Å². The fraction of sp³-hybridized carbons (Fsp3) is 0.200. The van der Waals surface area contributed by atoms with E-state index in [1.807, 2.05) is 24.3 Å². The number of nitrogens with two attached hydrogens (primary N) is 1. The van der Waals surface area contributed by atoms with Gasteiger partial charge in [-0.15, -0.1) is 0 Å². The monoisotopic (exact) mass is 291 g/mol. The molecule has 2 aromatic carbocycles. The van der Waals surface area contributed by atoms with Crippen LogP contribution in [0.5, 0.6) is 5.75 Å². The summed E-state index contributed by atoms with van der Waals surface area (Å²) in [6.45, 7) is 0.530. The molecule has 0 aromatic heterocycles. The van der Waals surface area contributed by atoms with E-state index >= 15 is 0 Å². The lowest BCUT2D eigenvalue weighted by atomic mass is 10.1. The molecule has 0 fully saturated rings. The maximum Gasteiger partial charge on any atom is 0.175 e. The molecule has 0 aliphatic carbocycles. The van der Waals surface area contributed by atoms with Crippen LogP contribution in [0.15, 0.2) is 53.4 Å².